The van der Waals surface area contributed by atoms with E-state index in [4.69, 9.17) is 5.11 Å². The Hall–Kier alpha value is -1.27. The van der Waals surface area contributed by atoms with E-state index in [2.05, 4.69) is 0 Å². The molecule has 1 saturated carbocycles. The first-order valence-electron chi connectivity index (χ1n) is 3.91. The summed E-state index contributed by atoms with van der Waals surface area (Å²) in [7, 11) is 0. The number of carbonyl (C=O) groups excluding carboxylic acids is 1. The first kappa shape index (κ1) is 10.8. The highest BCUT2D eigenvalue weighted by Crippen LogP contribution is 2.40. The fourth-order valence-corrected chi connectivity index (χ4v) is 1.25. The zero-order chi connectivity index (χ0) is 10.9. The Morgan fingerprint density at radius 2 is 1.79 bits per heavy atom. The maximum atomic E-state index is 11.9. The Bertz CT molecular complexity index is 257. The number of halogens is 3. The van der Waals surface area contributed by atoms with Crippen molar-refractivity contribution in [2.24, 2.45) is 5.92 Å². The van der Waals surface area contributed by atoms with Crippen molar-refractivity contribution in [3.05, 3.63) is 0 Å². The molecule has 0 heterocycles. The maximum Gasteiger partial charge on any atom is 0.394 e. The van der Waals surface area contributed by atoms with Gasteiger partial charge in [-0.1, -0.05) is 0 Å². The van der Waals surface area contributed by atoms with Crippen LogP contribution in [0.5, 0.6) is 0 Å². The van der Waals surface area contributed by atoms with Crippen LogP contribution < -0.4 is 5.32 Å². The number of carboxylic acid groups (broad SMARTS) is 1. The van der Waals surface area contributed by atoms with Gasteiger partial charge in [-0.2, -0.15) is 13.2 Å². The molecule has 14 heavy (non-hydrogen) atoms. The Balaban J connectivity index is 2.29. The van der Waals surface area contributed by atoms with Gasteiger partial charge in [-0.15, -0.1) is 0 Å². The van der Waals surface area contributed by atoms with E-state index in [1.165, 1.54) is 0 Å². The first-order valence-corrected chi connectivity index (χ1v) is 3.91. The minimum Gasteiger partial charge on any atom is -0.474 e. The van der Waals surface area contributed by atoms with Crippen LogP contribution in [0, 0.1) is 5.92 Å². The molecule has 0 radical (unpaired) electrons. The number of alkyl halides is 3. The first-order chi connectivity index (χ1) is 6.30. The largest absolute Gasteiger partial charge is 0.474 e. The summed E-state index contributed by atoms with van der Waals surface area (Å²) < 4.78 is 35.8. The van der Waals surface area contributed by atoms with Gasteiger partial charge in [0.15, 0.2) is 0 Å². The molecule has 0 aromatic rings. The van der Waals surface area contributed by atoms with Crippen molar-refractivity contribution in [1.29, 1.82) is 0 Å². The minimum atomic E-state index is -4.25. The number of nitrogens with one attached hydrogen (secondary N) is 1. The number of hydrogen-bond donors (Lipinski definition) is 2. The molecule has 1 rings (SSSR count). The van der Waals surface area contributed by atoms with E-state index in [1.54, 1.807) is 0 Å². The SMILES string of the molecule is O=C(O)C(=O)NC1CC(C(F)(F)F)C1. The molecule has 7 heteroatoms. The van der Waals surface area contributed by atoms with Gasteiger partial charge in [0.1, 0.15) is 0 Å². The smallest absolute Gasteiger partial charge is 0.394 e. The zero-order valence-corrected chi connectivity index (χ0v) is 6.97. The van der Waals surface area contributed by atoms with E-state index < -0.39 is 30.0 Å². The molecule has 0 atom stereocenters. The Labute approximate surface area is 77.1 Å². The van der Waals surface area contributed by atoms with E-state index in [0.717, 1.165) is 0 Å². The van der Waals surface area contributed by atoms with Crippen molar-refractivity contribution in [3.63, 3.8) is 0 Å². The molecule has 1 amide bonds. The van der Waals surface area contributed by atoms with Crippen LogP contribution in [-0.4, -0.2) is 29.2 Å². The Morgan fingerprint density at radius 3 is 2.14 bits per heavy atom. The van der Waals surface area contributed by atoms with Crippen LogP contribution in [0.2, 0.25) is 0 Å². The summed E-state index contributed by atoms with van der Waals surface area (Å²) in [5.41, 5.74) is 0. The monoisotopic (exact) mass is 211 g/mol. The molecule has 0 bridgehead atoms. The number of carbonyl (C=O) groups is 2. The predicted molar refractivity (Wildman–Crippen MR) is 38.3 cm³/mol. The van der Waals surface area contributed by atoms with Gasteiger partial charge in [0.25, 0.3) is 0 Å². The van der Waals surface area contributed by atoms with Crippen LogP contribution in [0.25, 0.3) is 0 Å². The molecule has 0 spiro atoms. The van der Waals surface area contributed by atoms with Gasteiger partial charge in [0.05, 0.1) is 5.92 Å². The highest BCUT2D eigenvalue weighted by Gasteiger charge is 2.48. The summed E-state index contributed by atoms with van der Waals surface area (Å²) in [6.45, 7) is 0. The summed E-state index contributed by atoms with van der Waals surface area (Å²) in [5.74, 6) is -4.35. The van der Waals surface area contributed by atoms with Crippen LogP contribution in [0.3, 0.4) is 0 Å². The van der Waals surface area contributed by atoms with Crippen LogP contribution in [-0.2, 0) is 9.59 Å². The second-order valence-corrected chi connectivity index (χ2v) is 3.19. The van der Waals surface area contributed by atoms with Crippen LogP contribution in [0.1, 0.15) is 12.8 Å². The third-order valence-electron chi connectivity index (χ3n) is 2.13. The number of rotatable bonds is 1. The summed E-state index contributed by atoms with van der Waals surface area (Å²) in [4.78, 5) is 20.5. The number of carboxylic acids is 1. The van der Waals surface area contributed by atoms with Crippen molar-refractivity contribution in [1.82, 2.24) is 5.32 Å². The third-order valence-corrected chi connectivity index (χ3v) is 2.13. The van der Waals surface area contributed by atoms with E-state index in [9.17, 15) is 22.8 Å². The summed E-state index contributed by atoms with van der Waals surface area (Å²) >= 11 is 0. The van der Waals surface area contributed by atoms with Gasteiger partial charge in [-0.05, 0) is 12.8 Å². The average Bonchev–Trinajstić information content (AvgIpc) is 1.92. The highest BCUT2D eigenvalue weighted by molar-refractivity contribution is 6.31. The highest BCUT2D eigenvalue weighted by atomic mass is 19.4. The molecule has 1 aliphatic rings. The van der Waals surface area contributed by atoms with Crippen LogP contribution in [0.4, 0.5) is 13.2 Å². The van der Waals surface area contributed by atoms with Gasteiger partial charge in [-0.25, -0.2) is 4.79 Å². The fourth-order valence-electron chi connectivity index (χ4n) is 1.25. The lowest BCUT2D eigenvalue weighted by atomic mass is 9.80. The lowest BCUT2D eigenvalue weighted by molar-refractivity contribution is -0.199. The van der Waals surface area contributed by atoms with Crippen molar-refractivity contribution < 1.29 is 27.9 Å². The molecule has 0 aromatic heterocycles. The Kier molecular flexibility index (Phi) is 2.68. The molecule has 1 fully saturated rings. The van der Waals surface area contributed by atoms with Crippen LogP contribution in [0.15, 0.2) is 0 Å². The van der Waals surface area contributed by atoms with Crippen molar-refractivity contribution in [2.75, 3.05) is 0 Å². The lowest BCUT2D eigenvalue weighted by Gasteiger charge is -2.36. The van der Waals surface area contributed by atoms with E-state index in [1.807, 2.05) is 5.32 Å². The molecule has 2 N–H and O–H groups in total. The van der Waals surface area contributed by atoms with E-state index in [-0.39, 0.29) is 12.8 Å². The second-order valence-electron chi connectivity index (χ2n) is 3.19. The van der Waals surface area contributed by atoms with Crippen molar-refractivity contribution >= 4 is 11.9 Å². The van der Waals surface area contributed by atoms with Gasteiger partial charge < -0.3 is 10.4 Å². The van der Waals surface area contributed by atoms with Crippen LogP contribution >= 0.6 is 0 Å². The van der Waals surface area contributed by atoms with Gasteiger partial charge in [-0.3, -0.25) is 4.79 Å². The van der Waals surface area contributed by atoms with Gasteiger partial charge >= 0.3 is 18.1 Å². The molecular formula is C7H8F3NO3. The molecule has 80 valence electrons. The standard InChI is InChI=1S/C7H8F3NO3/c8-7(9,10)3-1-4(2-3)11-5(12)6(13)14/h3-4H,1-2H2,(H,11,12)(H,13,14). The summed E-state index contributed by atoms with van der Waals surface area (Å²) in [6.07, 6.45) is -4.71. The normalized spacial score (nSPS) is 26.5. The molecule has 4 nitrogen and oxygen atoms in total. The quantitative estimate of drug-likeness (QED) is 0.621. The fraction of sp³-hybridized carbons (Fsp3) is 0.714. The number of amides is 1. The molecule has 0 unspecified atom stereocenters. The lowest BCUT2D eigenvalue weighted by Crippen LogP contribution is -2.50. The maximum absolute atomic E-state index is 11.9. The third kappa shape index (κ3) is 2.36. The van der Waals surface area contributed by atoms with Crippen molar-refractivity contribution in [3.8, 4) is 0 Å². The summed E-state index contributed by atoms with van der Waals surface area (Å²) in [6, 6.07) is -0.662. The second kappa shape index (κ2) is 3.47. The molecule has 0 aromatic carbocycles. The van der Waals surface area contributed by atoms with Gasteiger partial charge in [0, 0.05) is 6.04 Å². The zero-order valence-electron chi connectivity index (χ0n) is 6.97. The van der Waals surface area contributed by atoms with Crippen molar-refractivity contribution in [2.45, 2.75) is 25.1 Å². The van der Waals surface area contributed by atoms with E-state index in [0.29, 0.717) is 0 Å². The topological polar surface area (TPSA) is 66.4 Å². The van der Waals surface area contributed by atoms with Gasteiger partial charge in [0.2, 0.25) is 0 Å². The summed E-state index contributed by atoms with van der Waals surface area (Å²) in [5, 5.41) is 10.1. The van der Waals surface area contributed by atoms with E-state index >= 15 is 0 Å². The molecule has 0 saturated heterocycles. The Morgan fingerprint density at radius 1 is 1.29 bits per heavy atom. The number of aliphatic carboxylic acids is 1. The predicted octanol–water partition coefficient (Wildman–Crippen LogP) is 0.528. The molecule has 0 aliphatic heterocycles. The number of hydrogen-bond acceptors (Lipinski definition) is 2. The molecule has 1 aliphatic carbocycles. The molecular weight excluding hydrogens is 203 g/mol. The minimum absolute atomic E-state index is 0.234. The average molecular weight is 211 g/mol.